The Morgan fingerprint density at radius 2 is 1.19 bits per heavy atom. The van der Waals surface area contributed by atoms with Gasteiger partial charge < -0.3 is 26.8 Å². The summed E-state index contributed by atoms with van der Waals surface area (Å²) in [6.45, 7) is 20.9. The molecule has 0 radical (unpaired) electrons. The van der Waals surface area contributed by atoms with Crippen molar-refractivity contribution in [3.8, 4) is 0 Å². The Kier molecular flexibility index (Phi) is 25.3. The van der Waals surface area contributed by atoms with Crippen LogP contribution in [0.25, 0.3) is 0 Å². The number of benzene rings is 2. The molecular weight excluding hydrogens is 536 g/mol. The van der Waals surface area contributed by atoms with E-state index in [-0.39, 0.29) is 42.8 Å². The van der Waals surface area contributed by atoms with E-state index in [1.165, 1.54) is 0 Å². The Hall–Kier alpha value is -4.57. The maximum absolute atomic E-state index is 12.3. The van der Waals surface area contributed by atoms with Gasteiger partial charge in [-0.05, 0) is 18.6 Å². The molecule has 0 bridgehead atoms. The minimum atomic E-state index is -0.468. The zero-order chi connectivity index (χ0) is 33.1. The van der Waals surface area contributed by atoms with Gasteiger partial charge in [0.05, 0.1) is 6.67 Å². The Bertz CT molecular complexity index is 1070. The van der Waals surface area contributed by atoms with Gasteiger partial charge in [0.2, 0.25) is 17.7 Å². The second-order valence-electron chi connectivity index (χ2n) is 8.63. The number of nitrogens with two attached hydrogens (primary N) is 1. The Labute approximate surface area is 250 Å². The molecule has 10 heteroatoms. The van der Waals surface area contributed by atoms with Gasteiger partial charge in [-0.15, -0.1) is 26.3 Å². The molecule has 0 aromatic heterocycles. The third-order valence-corrected chi connectivity index (χ3v) is 5.39. The standard InChI is InChI=1S/C21H24N2O3.C4H9NO2.C3H7NO.2C2H4/c1-4-21(2,3)20(26)23-14-22-19(25)17-12-10-16(11-13-17)18(24)15-8-6-5-7-9-15;1-2-4(7)5-3-6;1-2-3(4)5;2*1-2/h5-13H,4,14H2,1-3H3,(H,22,25)(H,23,26);6H,2-3H2,1H3,(H,5,7);2H2,1H3,(H2,4,5);2*1-2H2. The molecule has 2 aromatic rings. The summed E-state index contributed by atoms with van der Waals surface area (Å²) in [5.41, 5.74) is 5.74. The van der Waals surface area contributed by atoms with Crippen molar-refractivity contribution in [2.24, 2.45) is 11.1 Å². The van der Waals surface area contributed by atoms with Crippen molar-refractivity contribution in [2.45, 2.75) is 53.9 Å². The largest absolute Gasteiger partial charge is 0.377 e. The molecule has 0 fully saturated rings. The van der Waals surface area contributed by atoms with Crippen LogP contribution in [-0.4, -0.2) is 47.9 Å². The minimum Gasteiger partial charge on any atom is -0.377 e. The Morgan fingerprint density at radius 1 is 0.738 bits per heavy atom. The van der Waals surface area contributed by atoms with Crippen LogP contribution in [0.3, 0.4) is 0 Å². The molecule has 42 heavy (non-hydrogen) atoms. The van der Waals surface area contributed by atoms with Crippen LogP contribution >= 0.6 is 0 Å². The Morgan fingerprint density at radius 3 is 1.57 bits per heavy atom. The van der Waals surface area contributed by atoms with Crippen LogP contribution < -0.4 is 21.7 Å². The van der Waals surface area contributed by atoms with E-state index >= 15 is 0 Å². The van der Waals surface area contributed by atoms with Crippen molar-refractivity contribution in [1.29, 1.82) is 0 Å². The summed E-state index contributed by atoms with van der Waals surface area (Å²) in [4.78, 5) is 56.2. The molecule has 0 heterocycles. The van der Waals surface area contributed by atoms with Crippen LogP contribution in [-0.2, 0) is 14.4 Å². The fourth-order valence-electron chi connectivity index (χ4n) is 2.45. The highest BCUT2D eigenvalue weighted by molar-refractivity contribution is 6.09. The number of carbonyl (C=O) groups is 5. The van der Waals surface area contributed by atoms with Crippen molar-refractivity contribution < 1.29 is 29.1 Å². The summed E-state index contributed by atoms with van der Waals surface area (Å²) >= 11 is 0. The maximum atomic E-state index is 12.3. The topological polar surface area (TPSA) is 168 Å². The monoisotopic (exact) mass is 584 g/mol. The summed E-state index contributed by atoms with van der Waals surface area (Å²) in [6.07, 6.45) is 1.59. The van der Waals surface area contributed by atoms with Crippen molar-refractivity contribution >= 4 is 29.4 Å². The van der Waals surface area contributed by atoms with Crippen molar-refractivity contribution in [3.63, 3.8) is 0 Å². The molecule has 0 aliphatic heterocycles. The van der Waals surface area contributed by atoms with Gasteiger partial charge >= 0.3 is 0 Å². The lowest BCUT2D eigenvalue weighted by Gasteiger charge is -2.21. The molecule has 232 valence electrons. The van der Waals surface area contributed by atoms with E-state index in [1.54, 1.807) is 50.2 Å². The second kappa shape index (κ2) is 25.4. The van der Waals surface area contributed by atoms with Gasteiger partial charge in [-0.2, -0.15) is 0 Å². The number of hydrogen-bond acceptors (Lipinski definition) is 6. The Balaban J connectivity index is -0.000000787. The number of ketones is 1. The number of amides is 4. The van der Waals surface area contributed by atoms with E-state index in [9.17, 15) is 24.0 Å². The third-order valence-electron chi connectivity index (χ3n) is 5.39. The van der Waals surface area contributed by atoms with Gasteiger partial charge in [-0.25, -0.2) is 0 Å². The molecule has 0 spiro atoms. The number of hydrogen-bond donors (Lipinski definition) is 5. The van der Waals surface area contributed by atoms with Gasteiger partial charge in [-0.1, -0.05) is 77.1 Å². The second-order valence-corrected chi connectivity index (χ2v) is 8.63. The highest BCUT2D eigenvalue weighted by Gasteiger charge is 2.24. The highest BCUT2D eigenvalue weighted by atomic mass is 16.3. The lowest BCUT2D eigenvalue weighted by Crippen LogP contribution is -2.43. The minimum absolute atomic E-state index is 0.0613. The number of rotatable bonds is 10. The van der Waals surface area contributed by atoms with E-state index in [4.69, 9.17) is 5.11 Å². The van der Waals surface area contributed by atoms with Crippen LogP contribution in [0.15, 0.2) is 80.9 Å². The van der Waals surface area contributed by atoms with Gasteiger partial charge in [0.25, 0.3) is 5.91 Å². The highest BCUT2D eigenvalue weighted by Crippen LogP contribution is 2.19. The van der Waals surface area contributed by atoms with Gasteiger partial charge in [0.15, 0.2) is 5.78 Å². The molecule has 0 saturated carbocycles. The molecule has 10 nitrogen and oxygen atoms in total. The molecular formula is C32H48N4O6. The van der Waals surface area contributed by atoms with Crippen LogP contribution in [0.1, 0.15) is 80.2 Å². The number of aliphatic hydroxyl groups excluding tert-OH is 1. The van der Waals surface area contributed by atoms with E-state index in [0.29, 0.717) is 36.0 Å². The van der Waals surface area contributed by atoms with E-state index in [1.807, 2.05) is 39.0 Å². The van der Waals surface area contributed by atoms with Crippen LogP contribution in [0.4, 0.5) is 0 Å². The fourth-order valence-corrected chi connectivity index (χ4v) is 2.45. The summed E-state index contributed by atoms with van der Waals surface area (Å²) in [6, 6.07) is 15.4. The predicted octanol–water partition coefficient (Wildman–Crippen LogP) is 4.11. The van der Waals surface area contributed by atoms with Crippen molar-refractivity contribution in [3.05, 3.63) is 97.6 Å². The number of nitrogens with one attached hydrogen (secondary N) is 3. The van der Waals surface area contributed by atoms with Crippen molar-refractivity contribution in [2.75, 3.05) is 13.4 Å². The molecule has 0 aliphatic carbocycles. The van der Waals surface area contributed by atoms with Crippen LogP contribution in [0, 0.1) is 5.41 Å². The fraction of sp³-hybridized carbons (Fsp3) is 0.344. The number of carbonyl (C=O) groups excluding carboxylic acids is 5. The maximum Gasteiger partial charge on any atom is 0.252 e. The molecule has 0 atom stereocenters. The first-order chi connectivity index (χ1) is 19.9. The first-order valence-corrected chi connectivity index (χ1v) is 13.4. The normalized spacial score (nSPS) is 9.19. The lowest BCUT2D eigenvalue weighted by atomic mass is 9.89. The average Bonchev–Trinajstić information content (AvgIpc) is 3.03. The quantitative estimate of drug-likeness (QED) is 0.160. The SMILES string of the molecule is C=C.C=C.CCC(=O)NCO.CCC(C)(C)C(=O)NCNC(=O)c1ccc(C(=O)c2ccccc2)cc1.CCC(N)=O. The van der Waals surface area contributed by atoms with Crippen LogP contribution in [0.5, 0.6) is 0 Å². The summed E-state index contributed by atoms with van der Waals surface area (Å²) in [7, 11) is 0. The summed E-state index contributed by atoms with van der Waals surface area (Å²) in [5, 5.41) is 15.6. The first kappa shape index (κ1) is 41.9. The average molecular weight is 585 g/mol. The van der Waals surface area contributed by atoms with Gasteiger partial charge in [0, 0.05) is 34.9 Å². The summed E-state index contributed by atoms with van der Waals surface area (Å²) in [5.74, 6) is -0.874. The molecule has 0 aliphatic rings. The van der Waals surface area contributed by atoms with E-state index in [0.717, 1.165) is 0 Å². The van der Waals surface area contributed by atoms with Gasteiger partial charge in [-0.3, -0.25) is 24.0 Å². The molecule has 0 unspecified atom stereocenters. The van der Waals surface area contributed by atoms with Crippen LogP contribution in [0.2, 0.25) is 0 Å². The zero-order valence-electron chi connectivity index (χ0n) is 25.6. The smallest absolute Gasteiger partial charge is 0.252 e. The molecule has 4 amide bonds. The van der Waals surface area contributed by atoms with E-state index < -0.39 is 5.41 Å². The van der Waals surface area contributed by atoms with E-state index in [2.05, 4.69) is 48.0 Å². The lowest BCUT2D eigenvalue weighted by molar-refractivity contribution is -0.129. The van der Waals surface area contributed by atoms with Crippen molar-refractivity contribution in [1.82, 2.24) is 16.0 Å². The van der Waals surface area contributed by atoms with Gasteiger partial charge in [0.1, 0.15) is 6.73 Å². The molecule has 0 saturated heterocycles. The number of aliphatic hydroxyl groups is 1. The summed E-state index contributed by atoms with van der Waals surface area (Å²) < 4.78 is 0. The zero-order valence-corrected chi connectivity index (χ0v) is 25.6. The molecule has 2 aromatic carbocycles. The predicted molar refractivity (Wildman–Crippen MR) is 168 cm³/mol. The third kappa shape index (κ3) is 18.7. The first-order valence-electron chi connectivity index (χ1n) is 13.4. The molecule has 2 rings (SSSR count). The molecule has 6 N–H and O–H groups in total. The number of primary amides is 1.